The van der Waals surface area contributed by atoms with E-state index < -0.39 is 0 Å². The summed E-state index contributed by atoms with van der Waals surface area (Å²) >= 11 is 0. The molecule has 1 aliphatic rings. The highest BCUT2D eigenvalue weighted by Crippen LogP contribution is 2.23. The summed E-state index contributed by atoms with van der Waals surface area (Å²) in [7, 11) is 0. The van der Waals surface area contributed by atoms with Crippen LogP contribution in [-0.4, -0.2) is 44.6 Å². The van der Waals surface area contributed by atoms with E-state index in [1.807, 2.05) is 71.6 Å². The molecule has 2 heterocycles. The van der Waals surface area contributed by atoms with Crippen molar-refractivity contribution in [1.29, 1.82) is 0 Å². The maximum Gasteiger partial charge on any atom is 0.254 e. The van der Waals surface area contributed by atoms with Gasteiger partial charge in [-0.2, -0.15) is 5.10 Å². The Morgan fingerprint density at radius 3 is 2.59 bits per heavy atom. The fourth-order valence-electron chi connectivity index (χ4n) is 4.56. The second-order valence-corrected chi connectivity index (χ2v) is 8.74. The van der Waals surface area contributed by atoms with Crippen molar-refractivity contribution >= 4 is 22.6 Å². The molecule has 1 aromatic heterocycles. The molecule has 1 atom stereocenters. The topological polar surface area (TPSA) is 80.1 Å². The number of likely N-dealkylation sites (tertiary alicyclic amines) is 1. The molecule has 1 saturated heterocycles. The monoisotopic (exact) mass is 453 g/mol. The van der Waals surface area contributed by atoms with Crippen LogP contribution in [0.25, 0.3) is 10.8 Å². The van der Waals surface area contributed by atoms with E-state index in [0.717, 1.165) is 34.7 Å². The molecule has 34 heavy (non-hydrogen) atoms. The van der Waals surface area contributed by atoms with Crippen molar-refractivity contribution < 1.29 is 9.59 Å². The molecule has 3 aromatic carbocycles. The average Bonchev–Trinajstić information content (AvgIpc) is 3.40. The first kappa shape index (κ1) is 21.8. The van der Waals surface area contributed by atoms with Crippen LogP contribution in [0.2, 0.25) is 0 Å². The standard InChI is InChI=1S/C27H27N5O2/c33-26(29-15-20-10-12-21(13-11-20)16-32-19-28-18-30-32)23-7-4-14-31(17-23)27(34)25-9-3-6-22-5-1-2-8-24(22)25/h1-3,5-6,8-13,18-19,23H,4,7,14-17H2,(H,29,33)/t23-/m0/s1. The molecule has 0 unspecified atom stereocenters. The summed E-state index contributed by atoms with van der Waals surface area (Å²) in [5.74, 6) is -0.196. The lowest BCUT2D eigenvalue weighted by Crippen LogP contribution is -2.45. The van der Waals surface area contributed by atoms with Crippen LogP contribution < -0.4 is 5.32 Å². The number of hydrogen-bond acceptors (Lipinski definition) is 4. The lowest BCUT2D eigenvalue weighted by Gasteiger charge is -2.32. The van der Waals surface area contributed by atoms with Crippen molar-refractivity contribution in [2.24, 2.45) is 5.92 Å². The second kappa shape index (κ2) is 9.87. The quantitative estimate of drug-likeness (QED) is 0.483. The Labute approximate surface area is 198 Å². The predicted molar refractivity (Wildman–Crippen MR) is 130 cm³/mol. The normalized spacial score (nSPS) is 15.9. The number of amides is 2. The van der Waals surface area contributed by atoms with Gasteiger partial charge in [-0.05, 0) is 40.8 Å². The lowest BCUT2D eigenvalue weighted by atomic mass is 9.95. The summed E-state index contributed by atoms with van der Waals surface area (Å²) in [4.78, 5) is 32.0. The number of fused-ring (bicyclic) bond motifs is 1. The smallest absolute Gasteiger partial charge is 0.254 e. The van der Waals surface area contributed by atoms with Gasteiger partial charge in [0.15, 0.2) is 0 Å². The van der Waals surface area contributed by atoms with Crippen molar-refractivity contribution in [2.45, 2.75) is 25.9 Å². The molecule has 4 aromatic rings. The first-order chi connectivity index (χ1) is 16.7. The maximum absolute atomic E-state index is 13.3. The summed E-state index contributed by atoms with van der Waals surface area (Å²) in [6.45, 7) is 2.26. The number of aromatic nitrogens is 3. The molecule has 5 rings (SSSR count). The van der Waals surface area contributed by atoms with Gasteiger partial charge in [-0.15, -0.1) is 0 Å². The van der Waals surface area contributed by atoms with Crippen LogP contribution in [0.15, 0.2) is 79.4 Å². The van der Waals surface area contributed by atoms with E-state index in [2.05, 4.69) is 15.4 Å². The highest BCUT2D eigenvalue weighted by atomic mass is 16.2. The molecule has 0 saturated carbocycles. The minimum absolute atomic E-state index is 0.00196. The van der Waals surface area contributed by atoms with Crippen molar-refractivity contribution in [3.63, 3.8) is 0 Å². The predicted octanol–water partition coefficient (Wildman–Crippen LogP) is 3.65. The average molecular weight is 454 g/mol. The molecule has 0 spiro atoms. The number of rotatable bonds is 6. The Morgan fingerprint density at radius 1 is 0.971 bits per heavy atom. The summed E-state index contributed by atoms with van der Waals surface area (Å²) in [6.07, 6.45) is 4.83. The van der Waals surface area contributed by atoms with E-state index in [9.17, 15) is 9.59 Å². The zero-order valence-corrected chi connectivity index (χ0v) is 18.9. The van der Waals surface area contributed by atoms with Crippen LogP contribution in [0.3, 0.4) is 0 Å². The molecule has 0 aliphatic carbocycles. The van der Waals surface area contributed by atoms with Gasteiger partial charge in [-0.25, -0.2) is 9.67 Å². The number of carbonyl (C=O) groups excluding carboxylic acids is 2. The molecule has 0 bridgehead atoms. The third kappa shape index (κ3) is 4.83. The summed E-state index contributed by atoms with van der Waals surface area (Å²) < 4.78 is 1.77. The minimum atomic E-state index is -0.195. The molecule has 7 heteroatoms. The molecule has 172 valence electrons. The zero-order valence-electron chi connectivity index (χ0n) is 18.9. The van der Waals surface area contributed by atoms with Crippen molar-refractivity contribution in [1.82, 2.24) is 25.0 Å². The Kier molecular flexibility index (Phi) is 6.33. The Hall–Kier alpha value is -4.00. The van der Waals surface area contributed by atoms with Crippen LogP contribution in [0.1, 0.15) is 34.3 Å². The van der Waals surface area contributed by atoms with E-state index >= 15 is 0 Å². The fourth-order valence-corrected chi connectivity index (χ4v) is 4.56. The molecule has 1 aliphatic heterocycles. The van der Waals surface area contributed by atoms with Crippen LogP contribution in [0.4, 0.5) is 0 Å². The van der Waals surface area contributed by atoms with Crippen molar-refractivity contribution in [3.8, 4) is 0 Å². The SMILES string of the molecule is O=C(NCc1ccc(Cn2cncn2)cc1)[C@H]1CCCN(C(=O)c2cccc3ccccc23)C1. The van der Waals surface area contributed by atoms with E-state index in [4.69, 9.17) is 0 Å². The minimum Gasteiger partial charge on any atom is -0.352 e. The molecule has 2 amide bonds. The van der Waals surface area contributed by atoms with E-state index in [1.54, 1.807) is 11.0 Å². The molecule has 1 fully saturated rings. The Morgan fingerprint density at radius 2 is 1.76 bits per heavy atom. The highest BCUT2D eigenvalue weighted by molar-refractivity contribution is 6.07. The Bertz CT molecular complexity index is 1280. The number of nitrogens with one attached hydrogen (secondary N) is 1. The number of nitrogens with zero attached hydrogens (tertiary/aromatic N) is 4. The van der Waals surface area contributed by atoms with Crippen molar-refractivity contribution in [2.75, 3.05) is 13.1 Å². The molecular formula is C27H27N5O2. The first-order valence-corrected chi connectivity index (χ1v) is 11.6. The highest BCUT2D eigenvalue weighted by Gasteiger charge is 2.29. The van der Waals surface area contributed by atoms with Crippen LogP contribution in [-0.2, 0) is 17.9 Å². The number of carbonyl (C=O) groups is 2. The largest absolute Gasteiger partial charge is 0.352 e. The summed E-state index contributed by atoms with van der Waals surface area (Å²) in [6, 6.07) is 21.8. The molecule has 7 nitrogen and oxygen atoms in total. The third-order valence-electron chi connectivity index (χ3n) is 6.40. The lowest BCUT2D eigenvalue weighted by molar-refractivity contribution is -0.126. The molecule has 1 N–H and O–H groups in total. The van der Waals surface area contributed by atoms with Gasteiger partial charge in [-0.3, -0.25) is 9.59 Å². The number of benzene rings is 3. The van der Waals surface area contributed by atoms with Crippen LogP contribution >= 0.6 is 0 Å². The summed E-state index contributed by atoms with van der Waals surface area (Å²) in [5.41, 5.74) is 2.86. The van der Waals surface area contributed by atoms with E-state index in [0.29, 0.717) is 31.7 Å². The van der Waals surface area contributed by atoms with Crippen LogP contribution in [0, 0.1) is 5.92 Å². The van der Waals surface area contributed by atoms with Gasteiger partial charge in [0.2, 0.25) is 5.91 Å². The van der Waals surface area contributed by atoms with Gasteiger partial charge >= 0.3 is 0 Å². The van der Waals surface area contributed by atoms with Gasteiger partial charge in [0.05, 0.1) is 12.5 Å². The van der Waals surface area contributed by atoms with Gasteiger partial charge < -0.3 is 10.2 Å². The maximum atomic E-state index is 13.3. The van der Waals surface area contributed by atoms with E-state index in [-0.39, 0.29) is 17.7 Å². The van der Waals surface area contributed by atoms with Gasteiger partial charge in [-0.1, -0.05) is 60.7 Å². The molecular weight excluding hydrogens is 426 g/mol. The first-order valence-electron chi connectivity index (χ1n) is 11.6. The number of piperidine rings is 1. The second-order valence-electron chi connectivity index (χ2n) is 8.74. The van der Waals surface area contributed by atoms with Gasteiger partial charge in [0.25, 0.3) is 5.91 Å². The van der Waals surface area contributed by atoms with Crippen molar-refractivity contribution in [3.05, 3.63) is 96.1 Å². The van der Waals surface area contributed by atoms with Gasteiger partial charge in [0.1, 0.15) is 12.7 Å². The third-order valence-corrected chi connectivity index (χ3v) is 6.40. The van der Waals surface area contributed by atoms with E-state index in [1.165, 1.54) is 6.33 Å². The summed E-state index contributed by atoms with van der Waals surface area (Å²) in [5, 5.41) is 9.18. The van der Waals surface area contributed by atoms with Crippen LogP contribution in [0.5, 0.6) is 0 Å². The van der Waals surface area contributed by atoms with Gasteiger partial charge in [0, 0.05) is 25.2 Å². The fraction of sp³-hybridized carbons (Fsp3) is 0.259. The zero-order chi connectivity index (χ0) is 23.3. The molecule has 0 radical (unpaired) electrons. The Balaban J connectivity index is 1.18. The number of hydrogen-bond donors (Lipinski definition) is 1.